The van der Waals surface area contributed by atoms with Crippen LogP contribution in [0, 0.1) is 23.7 Å². The van der Waals surface area contributed by atoms with Crippen LogP contribution in [0.3, 0.4) is 0 Å². The first-order valence-electron chi connectivity index (χ1n) is 7.97. The number of aromatic nitrogens is 1. The van der Waals surface area contributed by atoms with E-state index in [0.29, 0.717) is 0 Å². The molecule has 4 rings (SSSR count). The number of hydrogen-bond donors (Lipinski definition) is 0. The molecular weight excluding hydrogens is 268 g/mol. The second-order valence-corrected chi connectivity index (χ2v) is 6.90. The van der Waals surface area contributed by atoms with Gasteiger partial charge in [-0.05, 0) is 61.5 Å². The summed E-state index contributed by atoms with van der Waals surface area (Å²) in [5, 5.41) is 0. The smallest absolute Gasteiger partial charge is 0.0552 e. The molecule has 20 heavy (non-hydrogen) atoms. The van der Waals surface area contributed by atoms with E-state index < -0.39 is 0 Å². The SMILES string of the molecule is CN(c1cccnc1)C1CC2CC1C1CCCCC21.Cl. The van der Waals surface area contributed by atoms with E-state index in [-0.39, 0.29) is 12.4 Å². The van der Waals surface area contributed by atoms with Gasteiger partial charge in [0, 0.05) is 19.3 Å². The molecule has 3 aliphatic carbocycles. The Labute approximate surface area is 128 Å². The summed E-state index contributed by atoms with van der Waals surface area (Å²) >= 11 is 0. The molecule has 1 aromatic rings. The molecule has 1 aromatic heterocycles. The summed E-state index contributed by atoms with van der Waals surface area (Å²) in [6, 6.07) is 5.04. The number of fused-ring (bicyclic) bond motifs is 5. The van der Waals surface area contributed by atoms with Crippen LogP contribution in [0.1, 0.15) is 38.5 Å². The normalized spacial score (nSPS) is 38.1. The van der Waals surface area contributed by atoms with Crippen LogP contribution in [0.25, 0.3) is 0 Å². The number of rotatable bonds is 2. The zero-order chi connectivity index (χ0) is 12.8. The Balaban J connectivity index is 0.00000121. The Morgan fingerprint density at radius 2 is 1.90 bits per heavy atom. The Bertz CT molecular complexity index is 450. The molecule has 2 nitrogen and oxygen atoms in total. The second kappa shape index (κ2) is 5.55. The highest BCUT2D eigenvalue weighted by Gasteiger charge is 2.53. The first-order valence-corrected chi connectivity index (χ1v) is 7.97. The molecule has 0 N–H and O–H groups in total. The summed E-state index contributed by atoms with van der Waals surface area (Å²) in [4.78, 5) is 6.80. The summed E-state index contributed by atoms with van der Waals surface area (Å²) in [7, 11) is 2.28. The van der Waals surface area contributed by atoms with Crippen LogP contribution in [0.2, 0.25) is 0 Å². The van der Waals surface area contributed by atoms with Crippen molar-refractivity contribution in [3.05, 3.63) is 24.5 Å². The van der Waals surface area contributed by atoms with Crippen LogP contribution < -0.4 is 4.90 Å². The molecule has 5 unspecified atom stereocenters. The lowest BCUT2D eigenvalue weighted by Crippen LogP contribution is -2.42. The molecule has 0 aliphatic heterocycles. The highest BCUT2D eigenvalue weighted by molar-refractivity contribution is 5.85. The Morgan fingerprint density at radius 3 is 2.65 bits per heavy atom. The largest absolute Gasteiger partial charge is 0.370 e. The first kappa shape index (κ1) is 14.2. The van der Waals surface area contributed by atoms with Crippen LogP contribution >= 0.6 is 12.4 Å². The lowest BCUT2D eigenvalue weighted by molar-refractivity contribution is 0.142. The van der Waals surface area contributed by atoms with Crippen molar-refractivity contribution in [2.24, 2.45) is 23.7 Å². The van der Waals surface area contributed by atoms with Crippen molar-refractivity contribution >= 4 is 18.1 Å². The summed E-state index contributed by atoms with van der Waals surface area (Å²) in [6.45, 7) is 0. The summed E-state index contributed by atoms with van der Waals surface area (Å²) in [5.41, 5.74) is 1.30. The van der Waals surface area contributed by atoms with Gasteiger partial charge in [-0.1, -0.05) is 12.8 Å². The molecule has 3 saturated carbocycles. The zero-order valence-electron chi connectivity index (χ0n) is 12.2. The van der Waals surface area contributed by atoms with Crippen LogP contribution in [0.5, 0.6) is 0 Å². The number of nitrogens with zero attached hydrogens (tertiary/aromatic N) is 2. The molecule has 3 aliphatic rings. The van der Waals surface area contributed by atoms with Gasteiger partial charge in [0.15, 0.2) is 0 Å². The molecule has 110 valence electrons. The topological polar surface area (TPSA) is 16.1 Å². The molecule has 5 atom stereocenters. The fraction of sp³-hybridized carbons (Fsp3) is 0.706. The number of pyridine rings is 1. The second-order valence-electron chi connectivity index (χ2n) is 6.90. The minimum absolute atomic E-state index is 0. The van der Waals surface area contributed by atoms with Gasteiger partial charge in [0.25, 0.3) is 0 Å². The van der Waals surface area contributed by atoms with Gasteiger partial charge in [-0.25, -0.2) is 0 Å². The quantitative estimate of drug-likeness (QED) is 0.814. The highest BCUT2D eigenvalue weighted by atomic mass is 35.5. The average molecular weight is 293 g/mol. The van der Waals surface area contributed by atoms with Gasteiger partial charge in [0.2, 0.25) is 0 Å². The van der Waals surface area contributed by atoms with E-state index in [1.807, 2.05) is 12.4 Å². The first-order chi connectivity index (χ1) is 9.34. The summed E-state index contributed by atoms with van der Waals surface area (Å²) in [5.74, 6) is 4.11. The molecular formula is C17H25ClN2. The van der Waals surface area contributed by atoms with Crippen molar-refractivity contribution in [3.8, 4) is 0 Å². The lowest BCUT2D eigenvalue weighted by Gasteiger charge is -2.42. The van der Waals surface area contributed by atoms with Crippen LogP contribution in [-0.2, 0) is 0 Å². The van der Waals surface area contributed by atoms with E-state index in [0.717, 1.165) is 29.7 Å². The van der Waals surface area contributed by atoms with E-state index in [2.05, 4.69) is 29.1 Å². The van der Waals surface area contributed by atoms with Gasteiger partial charge in [0.05, 0.1) is 11.9 Å². The van der Waals surface area contributed by atoms with Crippen LogP contribution in [0.4, 0.5) is 5.69 Å². The summed E-state index contributed by atoms with van der Waals surface area (Å²) < 4.78 is 0. The van der Waals surface area contributed by atoms with Gasteiger partial charge in [-0.15, -0.1) is 12.4 Å². The van der Waals surface area contributed by atoms with E-state index in [4.69, 9.17) is 0 Å². The van der Waals surface area contributed by atoms with Crippen molar-refractivity contribution in [3.63, 3.8) is 0 Å². The molecule has 3 heteroatoms. The molecule has 0 amide bonds. The fourth-order valence-electron chi connectivity index (χ4n) is 5.40. The predicted octanol–water partition coefficient (Wildman–Crippen LogP) is 4.15. The highest BCUT2D eigenvalue weighted by Crippen LogP contribution is 2.58. The Morgan fingerprint density at radius 1 is 1.10 bits per heavy atom. The number of halogens is 1. The molecule has 0 aromatic carbocycles. The molecule has 3 fully saturated rings. The van der Waals surface area contributed by atoms with E-state index in [9.17, 15) is 0 Å². The fourth-order valence-corrected chi connectivity index (χ4v) is 5.40. The predicted molar refractivity (Wildman–Crippen MR) is 85.3 cm³/mol. The minimum atomic E-state index is 0. The lowest BCUT2D eigenvalue weighted by atomic mass is 9.69. The van der Waals surface area contributed by atoms with Gasteiger partial charge >= 0.3 is 0 Å². The summed E-state index contributed by atoms with van der Waals surface area (Å²) in [6.07, 6.45) is 12.8. The monoisotopic (exact) mass is 292 g/mol. The Kier molecular flexibility index (Phi) is 3.94. The number of anilines is 1. The van der Waals surface area contributed by atoms with Crippen LogP contribution in [0.15, 0.2) is 24.5 Å². The maximum Gasteiger partial charge on any atom is 0.0552 e. The van der Waals surface area contributed by atoms with Crippen molar-refractivity contribution in [2.75, 3.05) is 11.9 Å². The standard InChI is InChI=1S/C17H24N2.ClH/c1-19(13-5-4-8-18-11-13)17-10-12-9-16(17)15-7-3-2-6-14(12)15;/h4-5,8,11-12,14-17H,2-3,6-7,9-10H2,1H3;1H. The maximum absolute atomic E-state index is 4.28. The van der Waals surface area contributed by atoms with Gasteiger partial charge in [0.1, 0.15) is 0 Å². The van der Waals surface area contributed by atoms with Crippen LogP contribution in [-0.4, -0.2) is 18.1 Å². The average Bonchev–Trinajstić information content (AvgIpc) is 3.07. The van der Waals surface area contributed by atoms with E-state index in [1.54, 1.807) is 0 Å². The molecule has 0 spiro atoms. The minimum Gasteiger partial charge on any atom is -0.370 e. The third kappa shape index (κ3) is 2.13. The third-order valence-corrected chi connectivity index (χ3v) is 6.19. The molecule has 0 saturated heterocycles. The molecule has 1 heterocycles. The van der Waals surface area contributed by atoms with Gasteiger partial charge in [-0.2, -0.15) is 0 Å². The van der Waals surface area contributed by atoms with Crippen molar-refractivity contribution < 1.29 is 0 Å². The maximum atomic E-state index is 4.28. The molecule has 2 bridgehead atoms. The van der Waals surface area contributed by atoms with Gasteiger partial charge < -0.3 is 4.90 Å². The van der Waals surface area contributed by atoms with Crippen molar-refractivity contribution in [1.29, 1.82) is 0 Å². The zero-order valence-corrected chi connectivity index (χ0v) is 13.1. The molecule has 0 radical (unpaired) electrons. The Hall–Kier alpha value is -0.760. The van der Waals surface area contributed by atoms with Crippen molar-refractivity contribution in [2.45, 2.75) is 44.6 Å². The van der Waals surface area contributed by atoms with Gasteiger partial charge in [-0.3, -0.25) is 4.98 Å². The van der Waals surface area contributed by atoms with E-state index in [1.165, 1.54) is 44.2 Å². The number of hydrogen-bond acceptors (Lipinski definition) is 2. The third-order valence-electron chi connectivity index (χ3n) is 6.19. The van der Waals surface area contributed by atoms with Crippen molar-refractivity contribution in [1.82, 2.24) is 4.98 Å². The van der Waals surface area contributed by atoms with E-state index >= 15 is 0 Å².